The van der Waals surface area contributed by atoms with Crippen LogP contribution in [0.5, 0.6) is 0 Å². The SMILES string of the molecule is CC(C)(c1cccc(-n2cccn2)n1)c1cccc(-n2cccn2)n1. The van der Waals surface area contributed by atoms with Gasteiger partial charge in [-0.25, -0.2) is 19.3 Å². The molecule has 0 atom stereocenters. The number of aromatic nitrogens is 6. The summed E-state index contributed by atoms with van der Waals surface area (Å²) in [6.07, 6.45) is 7.26. The molecule has 0 fully saturated rings. The number of hydrogen-bond acceptors (Lipinski definition) is 4. The number of nitrogens with zero attached hydrogens (tertiary/aromatic N) is 6. The van der Waals surface area contributed by atoms with Crippen LogP contribution in [0.1, 0.15) is 25.2 Å². The molecule has 6 heteroatoms. The van der Waals surface area contributed by atoms with Gasteiger partial charge in [0.15, 0.2) is 11.6 Å². The summed E-state index contributed by atoms with van der Waals surface area (Å²) >= 11 is 0. The Morgan fingerprint density at radius 3 is 1.56 bits per heavy atom. The molecule has 0 saturated carbocycles. The summed E-state index contributed by atoms with van der Waals surface area (Å²) in [7, 11) is 0. The van der Waals surface area contributed by atoms with Crippen LogP contribution in [-0.2, 0) is 5.41 Å². The van der Waals surface area contributed by atoms with Crippen molar-refractivity contribution in [2.24, 2.45) is 0 Å². The highest BCUT2D eigenvalue weighted by atomic mass is 15.3. The first-order valence-corrected chi connectivity index (χ1v) is 8.10. The topological polar surface area (TPSA) is 61.4 Å². The summed E-state index contributed by atoms with van der Waals surface area (Å²) in [6, 6.07) is 15.7. The molecule has 0 amide bonds. The van der Waals surface area contributed by atoms with E-state index in [0.29, 0.717) is 0 Å². The molecule has 0 aliphatic rings. The molecule has 4 heterocycles. The monoisotopic (exact) mass is 330 g/mol. The lowest BCUT2D eigenvalue weighted by Crippen LogP contribution is -2.23. The zero-order chi connectivity index (χ0) is 17.3. The molecule has 0 radical (unpaired) electrons. The summed E-state index contributed by atoms with van der Waals surface area (Å²) in [5, 5.41) is 8.51. The smallest absolute Gasteiger partial charge is 0.153 e. The Bertz CT molecular complexity index is 891. The maximum atomic E-state index is 4.79. The molecular formula is C19H18N6. The van der Waals surface area contributed by atoms with Gasteiger partial charge in [0.25, 0.3) is 0 Å². The first-order chi connectivity index (χ1) is 12.1. The van der Waals surface area contributed by atoms with E-state index in [4.69, 9.17) is 9.97 Å². The van der Waals surface area contributed by atoms with Crippen molar-refractivity contribution in [2.75, 3.05) is 0 Å². The van der Waals surface area contributed by atoms with Crippen molar-refractivity contribution in [2.45, 2.75) is 19.3 Å². The Labute approximate surface area is 145 Å². The van der Waals surface area contributed by atoms with Gasteiger partial charge < -0.3 is 0 Å². The van der Waals surface area contributed by atoms with E-state index in [0.717, 1.165) is 23.0 Å². The van der Waals surface area contributed by atoms with Gasteiger partial charge in [-0.2, -0.15) is 10.2 Å². The fraction of sp³-hybridized carbons (Fsp3) is 0.158. The minimum Gasteiger partial charge on any atom is -0.233 e. The van der Waals surface area contributed by atoms with Crippen LogP contribution in [0, 0.1) is 0 Å². The quantitative estimate of drug-likeness (QED) is 0.576. The van der Waals surface area contributed by atoms with Gasteiger partial charge in [0.05, 0.1) is 11.4 Å². The minimum atomic E-state index is -0.355. The second kappa shape index (κ2) is 5.98. The maximum Gasteiger partial charge on any atom is 0.153 e. The van der Waals surface area contributed by atoms with Crippen LogP contribution in [0.3, 0.4) is 0 Å². The van der Waals surface area contributed by atoms with E-state index in [-0.39, 0.29) is 5.41 Å². The Morgan fingerprint density at radius 1 is 0.680 bits per heavy atom. The molecule has 0 bridgehead atoms. The molecule has 0 N–H and O–H groups in total. The van der Waals surface area contributed by atoms with Gasteiger partial charge in [0.1, 0.15) is 0 Å². The lowest BCUT2D eigenvalue weighted by atomic mass is 9.84. The molecule has 4 rings (SSSR count). The van der Waals surface area contributed by atoms with E-state index in [9.17, 15) is 0 Å². The first kappa shape index (κ1) is 15.3. The molecule has 6 nitrogen and oxygen atoms in total. The largest absolute Gasteiger partial charge is 0.233 e. The molecule has 4 aromatic rings. The highest BCUT2D eigenvalue weighted by Crippen LogP contribution is 2.29. The van der Waals surface area contributed by atoms with E-state index < -0.39 is 0 Å². The normalized spacial score (nSPS) is 11.6. The van der Waals surface area contributed by atoms with Crippen LogP contribution < -0.4 is 0 Å². The van der Waals surface area contributed by atoms with Crippen molar-refractivity contribution >= 4 is 0 Å². The first-order valence-electron chi connectivity index (χ1n) is 8.10. The average molecular weight is 330 g/mol. The number of hydrogen-bond donors (Lipinski definition) is 0. The summed E-state index contributed by atoms with van der Waals surface area (Å²) < 4.78 is 3.51. The van der Waals surface area contributed by atoms with Crippen LogP contribution in [0.15, 0.2) is 73.3 Å². The summed E-state index contributed by atoms with van der Waals surface area (Å²) in [6.45, 7) is 4.24. The van der Waals surface area contributed by atoms with Crippen LogP contribution in [0.25, 0.3) is 11.6 Å². The average Bonchev–Trinajstić information content (AvgIpc) is 3.36. The lowest BCUT2D eigenvalue weighted by molar-refractivity contribution is 0.588. The Balaban J connectivity index is 1.75. The van der Waals surface area contributed by atoms with Gasteiger partial charge in [-0.05, 0) is 50.2 Å². The molecule has 0 aliphatic heterocycles. The van der Waals surface area contributed by atoms with Crippen LogP contribution >= 0.6 is 0 Å². The van der Waals surface area contributed by atoms with Crippen molar-refractivity contribution in [1.82, 2.24) is 29.5 Å². The summed E-state index contributed by atoms with van der Waals surface area (Å²) in [4.78, 5) is 9.59. The second-order valence-electron chi connectivity index (χ2n) is 6.29. The van der Waals surface area contributed by atoms with E-state index >= 15 is 0 Å². The fourth-order valence-electron chi connectivity index (χ4n) is 2.74. The van der Waals surface area contributed by atoms with Gasteiger partial charge in [-0.1, -0.05) is 12.1 Å². The predicted octanol–water partition coefficient (Wildman–Crippen LogP) is 3.17. The highest BCUT2D eigenvalue weighted by Gasteiger charge is 2.27. The molecule has 0 aliphatic carbocycles. The van der Waals surface area contributed by atoms with Crippen LogP contribution in [-0.4, -0.2) is 29.5 Å². The molecule has 0 aromatic carbocycles. The fourth-order valence-corrected chi connectivity index (χ4v) is 2.74. The molecule has 0 unspecified atom stereocenters. The van der Waals surface area contributed by atoms with Gasteiger partial charge in [0, 0.05) is 30.2 Å². The highest BCUT2D eigenvalue weighted by molar-refractivity contribution is 5.35. The van der Waals surface area contributed by atoms with Crippen molar-refractivity contribution in [1.29, 1.82) is 0 Å². The molecular weight excluding hydrogens is 312 g/mol. The zero-order valence-electron chi connectivity index (χ0n) is 14.1. The Hall–Kier alpha value is -3.28. The minimum absolute atomic E-state index is 0.355. The molecule has 0 spiro atoms. The van der Waals surface area contributed by atoms with Gasteiger partial charge >= 0.3 is 0 Å². The second-order valence-corrected chi connectivity index (χ2v) is 6.29. The van der Waals surface area contributed by atoms with E-state index in [1.165, 1.54) is 0 Å². The van der Waals surface area contributed by atoms with Crippen molar-refractivity contribution in [3.8, 4) is 11.6 Å². The molecule has 124 valence electrons. The van der Waals surface area contributed by atoms with Crippen molar-refractivity contribution in [3.63, 3.8) is 0 Å². The Kier molecular flexibility index (Phi) is 3.65. The lowest BCUT2D eigenvalue weighted by Gasteiger charge is -2.24. The molecule has 0 saturated heterocycles. The van der Waals surface area contributed by atoms with Crippen molar-refractivity contribution in [3.05, 3.63) is 84.7 Å². The number of pyridine rings is 2. The van der Waals surface area contributed by atoms with E-state index in [2.05, 4.69) is 24.0 Å². The summed E-state index contributed by atoms with van der Waals surface area (Å²) in [5.41, 5.74) is 1.52. The van der Waals surface area contributed by atoms with Gasteiger partial charge in [0.2, 0.25) is 0 Å². The van der Waals surface area contributed by atoms with E-state index in [1.807, 2.05) is 60.9 Å². The zero-order valence-corrected chi connectivity index (χ0v) is 14.1. The molecule has 4 aromatic heterocycles. The summed E-state index contributed by atoms with van der Waals surface area (Å²) in [5.74, 6) is 1.58. The van der Waals surface area contributed by atoms with E-state index in [1.54, 1.807) is 21.8 Å². The standard InChI is InChI=1S/C19H18N6/c1-19(2,15-7-3-9-17(22-15)24-13-5-11-20-24)16-8-4-10-18(23-16)25-14-6-12-21-25/h3-14H,1-2H3. The third-order valence-corrected chi connectivity index (χ3v) is 4.23. The van der Waals surface area contributed by atoms with Gasteiger partial charge in [-0.15, -0.1) is 0 Å². The van der Waals surface area contributed by atoms with Crippen LogP contribution in [0.4, 0.5) is 0 Å². The molecule has 25 heavy (non-hydrogen) atoms. The van der Waals surface area contributed by atoms with Gasteiger partial charge in [-0.3, -0.25) is 0 Å². The number of rotatable bonds is 4. The third kappa shape index (κ3) is 2.82. The Morgan fingerprint density at radius 2 is 1.16 bits per heavy atom. The third-order valence-electron chi connectivity index (χ3n) is 4.23. The predicted molar refractivity (Wildman–Crippen MR) is 94.8 cm³/mol. The maximum absolute atomic E-state index is 4.79. The van der Waals surface area contributed by atoms with Crippen LogP contribution in [0.2, 0.25) is 0 Å². The van der Waals surface area contributed by atoms with Crippen molar-refractivity contribution < 1.29 is 0 Å².